The summed E-state index contributed by atoms with van der Waals surface area (Å²) in [4.78, 5) is 4.15. The Bertz CT molecular complexity index is 329. The van der Waals surface area contributed by atoms with Gasteiger partial charge in [0.15, 0.2) is 0 Å². The van der Waals surface area contributed by atoms with Crippen LogP contribution in [0.5, 0.6) is 0 Å². The molecule has 1 unspecified atom stereocenters. The molecule has 4 heteroatoms. The largest absolute Gasteiger partial charge is 0.368 e. The highest BCUT2D eigenvalue weighted by atomic mass is 16.5. The molecule has 1 aliphatic heterocycles. The van der Waals surface area contributed by atoms with Gasteiger partial charge in [-0.15, -0.1) is 0 Å². The number of nitrogens with one attached hydrogen (secondary N) is 1. The quantitative estimate of drug-likeness (QED) is 0.842. The van der Waals surface area contributed by atoms with Gasteiger partial charge in [0.25, 0.3) is 0 Å². The smallest absolute Gasteiger partial charge is 0.0948 e. The fraction of sp³-hybridized carbons (Fsp3) is 0.750. The second kappa shape index (κ2) is 4.97. The number of aryl methyl sites for hydroxylation is 1. The summed E-state index contributed by atoms with van der Waals surface area (Å²) in [6.45, 7) is 7.99. The molecular weight excluding hydrogens is 202 g/mol. The predicted molar refractivity (Wildman–Crippen MR) is 63.2 cm³/mol. The minimum absolute atomic E-state index is 0.0128. The molecule has 1 N–H and O–H groups in total. The maximum atomic E-state index is 6.03. The minimum Gasteiger partial charge on any atom is -0.368 e. The Morgan fingerprint density at radius 1 is 1.62 bits per heavy atom. The number of hydrogen-bond acceptors (Lipinski definition) is 3. The second-order valence-corrected chi connectivity index (χ2v) is 4.69. The summed E-state index contributed by atoms with van der Waals surface area (Å²) in [5.41, 5.74) is 1.15. The standard InChI is InChI=1S/C12H21N3O/c1-3-15-10-14-7-11(15)8-16-12(2)5-4-6-13-9-12/h7,10,13H,3-6,8-9H2,1-2H3. The highest BCUT2D eigenvalue weighted by Gasteiger charge is 2.27. The molecule has 0 bridgehead atoms. The van der Waals surface area contributed by atoms with Gasteiger partial charge in [0.05, 0.1) is 30.4 Å². The topological polar surface area (TPSA) is 39.1 Å². The van der Waals surface area contributed by atoms with E-state index in [1.165, 1.54) is 6.42 Å². The van der Waals surface area contributed by atoms with Gasteiger partial charge in [-0.05, 0) is 33.2 Å². The van der Waals surface area contributed by atoms with Crippen molar-refractivity contribution in [1.82, 2.24) is 14.9 Å². The van der Waals surface area contributed by atoms with E-state index in [1.54, 1.807) is 0 Å². The van der Waals surface area contributed by atoms with E-state index >= 15 is 0 Å². The molecule has 4 nitrogen and oxygen atoms in total. The molecule has 2 rings (SSSR count). The van der Waals surface area contributed by atoms with Crippen LogP contribution >= 0.6 is 0 Å². The lowest BCUT2D eigenvalue weighted by Crippen LogP contribution is -2.45. The molecule has 0 radical (unpaired) electrons. The van der Waals surface area contributed by atoms with E-state index in [0.717, 1.165) is 31.7 Å². The Morgan fingerprint density at radius 3 is 3.19 bits per heavy atom. The van der Waals surface area contributed by atoms with E-state index in [-0.39, 0.29) is 5.60 Å². The van der Waals surface area contributed by atoms with Crippen LogP contribution < -0.4 is 5.32 Å². The third kappa shape index (κ3) is 2.62. The predicted octanol–water partition coefficient (Wildman–Crippen LogP) is 1.56. The van der Waals surface area contributed by atoms with Crippen molar-refractivity contribution in [2.45, 2.75) is 45.4 Å². The van der Waals surface area contributed by atoms with Crippen LogP contribution in [0, 0.1) is 0 Å². The summed E-state index contributed by atoms with van der Waals surface area (Å²) < 4.78 is 8.16. The summed E-state index contributed by atoms with van der Waals surface area (Å²) >= 11 is 0. The molecule has 0 spiro atoms. The molecule has 1 atom stereocenters. The van der Waals surface area contributed by atoms with Gasteiger partial charge in [-0.2, -0.15) is 0 Å². The summed E-state index contributed by atoms with van der Waals surface area (Å²) in [5, 5.41) is 3.39. The van der Waals surface area contributed by atoms with E-state index in [9.17, 15) is 0 Å². The molecule has 1 fully saturated rings. The van der Waals surface area contributed by atoms with Gasteiger partial charge in [0.1, 0.15) is 0 Å². The monoisotopic (exact) mass is 223 g/mol. The van der Waals surface area contributed by atoms with Crippen molar-refractivity contribution in [3.05, 3.63) is 18.2 Å². The number of nitrogens with zero attached hydrogens (tertiary/aromatic N) is 2. The Balaban J connectivity index is 1.91. The highest BCUT2D eigenvalue weighted by Crippen LogP contribution is 2.21. The molecule has 90 valence electrons. The van der Waals surface area contributed by atoms with E-state index in [1.807, 2.05) is 12.5 Å². The Kier molecular flexibility index (Phi) is 3.61. The van der Waals surface area contributed by atoms with Crippen molar-refractivity contribution in [3.8, 4) is 0 Å². The van der Waals surface area contributed by atoms with Crippen LogP contribution in [0.1, 0.15) is 32.4 Å². The maximum Gasteiger partial charge on any atom is 0.0948 e. The first-order chi connectivity index (χ1) is 7.73. The average molecular weight is 223 g/mol. The van der Waals surface area contributed by atoms with Crippen molar-refractivity contribution in [1.29, 1.82) is 0 Å². The number of imidazole rings is 1. The zero-order valence-corrected chi connectivity index (χ0v) is 10.2. The normalized spacial score (nSPS) is 25.9. The van der Waals surface area contributed by atoms with Crippen LogP contribution in [0.4, 0.5) is 0 Å². The lowest BCUT2D eigenvalue weighted by Gasteiger charge is -2.34. The molecule has 16 heavy (non-hydrogen) atoms. The Labute approximate surface area is 97.0 Å². The van der Waals surface area contributed by atoms with Gasteiger partial charge in [-0.1, -0.05) is 0 Å². The SMILES string of the molecule is CCn1cncc1COC1(C)CCCNC1. The number of rotatable bonds is 4. The molecule has 2 heterocycles. The first-order valence-corrected chi connectivity index (χ1v) is 6.07. The molecule has 1 aliphatic rings. The summed E-state index contributed by atoms with van der Waals surface area (Å²) in [6, 6.07) is 0. The lowest BCUT2D eigenvalue weighted by molar-refractivity contribution is -0.0591. The highest BCUT2D eigenvalue weighted by molar-refractivity contribution is 4.97. The zero-order chi connectivity index (χ0) is 11.4. The van der Waals surface area contributed by atoms with Crippen molar-refractivity contribution >= 4 is 0 Å². The van der Waals surface area contributed by atoms with Crippen molar-refractivity contribution in [2.24, 2.45) is 0 Å². The fourth-order valence-corrected chi connectivity index (χ4v) is 2.15. The first kappa shape index (κ1) is 11.6. The van der Waals surface area contributed by atoms with Crippen molar-refractivity contribution in [3.63, 3.8) is 0 Å². The average Bonchev–Trinajstić information content (AvgIpc) is 2.75. The molecule has 1 aromatic heterocycles. The van der Waals surface area contributed by atoms with E-state index in [0.29, 0.717) is 6.61 Å². The van der Waals surface area contributed by atoms with Crippen LogP contribution in [-0.2, 0) is 17.9 Å². The summed E-state index contributed by atoms with van der Waals surface area (Å²) in [6.07, 6.45) is 6.09. The number of piperidine rings is 1. The zero-order valence-electron chi connectivity index (χ0n) is 10.2. The first-order valence-electron chi connectivity index (χ1n) is 6.07. The van der Waals surface area contributed by atoms with E-state index in [2.05, 4.69) is 28.7 Å². The maximum absolute atomic E-state index is 6.03. The van der Waals surface area contributed by atoms with Crippen LogP contribution in [-0.4, -0.2) is 28.2 Å². The van der Waals surface area contributed by atoms with Crippen molar-refractivity contribution in [2.75, 3.05) is 13.1 Å². The summed E-state index contributed by atoms with van der Waals surface area (Å²) in [5.74, 6) is 0. The van der Waals surface area contributed by atoms with E-state index in [4.69, 9.17) is 4.74 Å². The van der Waals surface area contributed by atoms with E-state index < -0.39 is 0 Å². The Hall–Kier alpha value is -0.870. The molecule has 0 aliphatic carbocycles. The van der Waals surface area contributed by atoms with Crippen LogP contribution in [0.3, 0.4) is 0 Å². The van der Waals surface area contributed by atoms with Crippen LogP contribution in [0.15, 0.2) is 12.5 Å². The molecular formula is C12H21N3O. The number of ether oxygens (including phenoxy) is 1. The second-order valence-electron chi connectivity index (χ2n) is 4.69. The van der Waals surface area contributed by atoms with Gasteiger partial charge in [-0.25, -0.2) is 4.98 Å². The molecule has 0 saturated carbocycles. The minimum atomic E-state index is -0.0128. The van der Waals surface area contributed by atoms with Crippen LogP contribution in [0.25, 0.3) is 0 Å². The third-order valence-corrected chi connectivity index (χ3v) is 3.27. The number of aromatic nitrogens is 2. The number of hydrogen-bond donors (Lipinski definition) is 1. The van der Waals surface area contributed by atoms with Crippen molar-refractivity contribution < 1.29 is 4.74 Å². The van der Waals surface area contributed by atoms with Gasteiger partial charge in [0, 0.05) is 13.1 Å². The third-order valence-electron chi connectivity index (χ3n) is 3.27. The fourth-order valence-electron chi connectivity index (χ4n) is 2.15. The summed E-state index contributed by atoms with van der Waals surface area (Å²) in [7, 11) is 0. The van der Waals surface area contributed by atoms with Crippen LogP contribution in [0.2, 0.25) is 0 Å². The van der Waals surface area contributed by atoms with Gasteiger partial charge in [0.2, 0.25) is 0 Å². The molecule has 0 aromatic carbocycles. The molecule has 1 aromatic rings. The lowest BCUT2D eigenvalue weighted by atomic mass is 9.96. The molecule has 1 saturated heterocycles. The van der Waals surface area contributed by atoms with Gasteiger partial charge < -0.3 is 14.6 Å². The van der Waals surface area contributed by atoms with Gasteiger partial charge >= 0.3 is 0 Å². The Morgan fingerprint density at radius 2 is 2.50 bits per heavy atom. The molecule has 0 amide bonds. The van der Waals surface area contributed by atoms with Gasteiger partial charge in [-0.3, -0.25) is 0 Å².